The summed E-state index contributed by atoms with van der Waals surface area (Å²) in [5.74, 6) is 0. The van der Waals surface area contributed by atoms with Gasteiger partial charge in [-0.1, -0.05) is 30.3 Å². The van der Waals surface area contributed by atoms with E-state index in [1.807, 2.05) is 55.6 Å². The Morgan fingerprint density at radius 3 is 2.32 bits per heavy atom. The molecule has 1 aromatic heterocycles. The first-order chi connectivity index (χ1) is 9.29. The van der Waals surface area contributed by atoms with Crippen molar-refractivity contribution in [2.75, 3.05) is 12.4 Å². The quantitative estimate of drug-likeness (QED) is 0.733. The monoisotopic (exact) mass is 250 g/mol. The highest BCUT2D eigenvalue weighted by Crippen LogP contribution is 2.26. The number of hydrogen-bond acceptors (Lipinski definition) is 2. The average Bonchev–Trinajstić information content (AvgIpc) is 2.48. The van der Waals surface area contributed by atoms with Gasteiger partial charge >= 0.3 is 0 Å². The number of benzene rings is 2. The standard InChI is InChI=1S/C16H14N2O/c1-17-12-8-6-11(7-9-12)15-10-18-16(19)14-5-3-2-4-13(14)15/h2-10,17H,1H3,(H,18,19). The van der Waals surface area contributed by atoms with Gasteiger partial charge in [0.15, 0.2) is 0 Å². The van der Waals surface area contributed by atoms with Crippen LogP contribution in [0, 0.1) is 0 Å². The third-order valence-corrected chi connectivity index (χ3v) is 3.29. The van der Waals surface area contributed by atoms with E-state index in [-0.39, 0.29) is 5.56 Å². The summed E-state index contributed by atoms with van der Waals surface area (Å²) in [6.07, 6.45) is 1.78. The van der Waals surface area contributed by atoms with E-state index in [9.17, 15) is 4.79 Å². The summed E-state index contributed by atoms with van der Waals surface area (Å²) in [6.45, 7) is 0. The molecular formula is C16H14N2O. The van der Waals surface area contributed by atoms with Crippen LogP contribution >= 0.6 is 0 Å². The highest BCUT2D eigenvalue weighted by atomic mass is 16.1. The Morgan fingerprint density at radius 1 is 0.947 bits per heavy atom. The van der Waals surface area contributed by atoms with Gasteiger partial charge in [-0.25, -0.2) is 0 Å². The topological polar surface area (TPSA) is 44.9 Å². The summed E-state index contributed by atoms with van der Waals surface area (Å²) in [7, 11) is 1.89. The molecular weight excluding hydrogens is 236 g/mol. The summed E-state index contributed by atoms with van der Waals surface area (Å²) in [4.78, 5) is 14.6. The number of aromatic nitrogens is 1. The maximum atomic E-state index is 11.8. The molecule has 0 atom stereocenters. The van der Waals surface area contributed by atoms with E-state index >= 15 is 0 Å². The first-order valence-electron chi connectivity index (χ1n) is 6.18. The Labute approximate surface area is 110 Å². The van der Waals surface area contributed by atoms with Crippen LogP contribution in [0.25, 0.3) is 21.9 Å². The van der Waals surface area contributed by atoms with Gasteiger partial charge in [0.25, 0.3) is 5.56 Å². The molecule has 19 heavy (non-hydrogen) atoms. The van der Waals surface area contributed by atoms with Gasteiger partial charge in [0.1, 0.15) is 0 Å². The van der Waals surface area contributed by atoms with Crippen molar-refractivity contribution in [3.05, 3.63) is 65.1 Å². The van der Waals surface area contributed by atoms with Crippen molar-refractivity contribution in [2.24, 2.45) is 0 Å². The Morgan fingerprint density at radius 2 is 1.63 bits per heavy atom. The van der Waals surface area contributed by atoms with E-state index in [2.05, 4.69) is 10.3 Å². The molecule has 0 aliphatic rings. The Kier molecular flexibility index (Phi) is 2.80. The van der Waals surface area contributed by atoms with Gasteiger partial charge in [0, 0.05) is 29.9 Å². The minimum Gasteiger partial charge on any atom is -0.388 e. The summed E-state index contributed by atoms with van der Waals surface area (Å²) in [5, 5.41) is 4.79. The molecule has 3 heteroatoms. The largest absolute Gasteiger partial charge is 0.388 e. The molecule has 3 nitrogen and oxygen atoms in total. The molecule has 3 aromatic rings. The van der Waals surface area contributed by atoms with Crippen LogP contribution in [0.3, 0.4) is 0 Å². The van der Waals surface area contributed by atoms with Gasteiger partial charge in [-0.15, -0.1) is 0 Å². The molecule has 2 N–H and O–H groups in total. The van der Waals surface area contributed by atoms with E-state index in [0.29, 0.717) is 0 Å². The fraction of sp³-hybridized carbons (Fsp3) is 0.0625. The van der Waals surface area contributed by atoms with Crippen LogP contribution in [0.1, 0.15) is 0 Å². The fourth-order valence-corrected chi connectivity index (χ4v) is 2.26. The molecule has 0 fully saturated rings. The normalized spacial score (nSPS) is 10.6. The molecule has 0 spiro atoms. The average molecular weight is 250 g/mol. The number of pyridine rings is 1. The molecule has 0 aliphatic carbocycles. The van der Waals surface area contributed by atoms with Gasteiger partial charge in [-0.05, 0) is 29.1 Å². The van der Waals surface area contributed by atoms with Crippen molar-refractivity contribution >= 4 is 16.5 Å². The highest BCUT2D eigenvalue weighted by Gasteiger charge is 2.05. The number of fused-ring (bicyclic) bond motifs is 1. The van der Waals surface area contributed by atoms with Gasteiger partial charge in [-0.3, -0.25) is 4.79 Å². The van der Waals surface area contributed by atoms with Crippen LogP contribution in [0.15, 0.2) is 59.5 Å². The lowest BCUT2D eigenvalue weighted by Crippen LogP contribution is -2.05. The lowest BCUT2D eigenvalue weighted by Gasteiger charge is -2.07. The van der Waals surface area contributed by atoms with E-state index < -0.39 is 0 Å². The smallest absolute Gasteiger partial charge is 0.255 e. The van der Waals surface area contributed by atoms with Crippen LogP contribution in [-0.2, 0) is 0 Å². The number of hydrogen-bond donors (Lipinski definition) is 2. The minimum absolute atomic E-state index is 0.0498. The third kappa shape index (κ3) is 1.99. The van der Waals surface area contributed by atoms with Crippen molar-refractivity contribution in [3.63, 3.8) is 0 Å². The number of anilines is 1. The predicted octanol–water partition coefficient (Wildman–Crippen LogP) is 3.24. The summed E-state index contributed by atoms with van der Waals surface area (Å²) in [5.41, 5.74) is 3.15. The minimum atomic E-state index is -0.0498. The van der Waals surface area contributed by atoms with Gasteiger partial charge < -0.3 is 10.3 Å². The second-order valence-electron chi connectivity index (χ2n) is 4.40. The Bertz CT molecular complexity index is 773. The van der Waals surface area contributed by atoms with Crippen LogP contribution in [0.2, 0.25) is 0 Å². The molecule has 2 aromatic carbocycles. The number of nitrogens with one attached hydrogen (secondary N) is 2. The molecule has 0 saturated carbocycles. The highest BCUT2D eigenvalue weighted by molar-refractivity contribution is 5.95. The fourth-order valence-electron chi connectivity index (χ4n) is 2.26. The zero-order valence-electron chi connectivity index (χ0n) is 10.6. The van der Waals surface area contributed by atoms with Gasteiger partial charge in [0.05, 0.1) is 0 Å². The van der Waals surface area contributed by atoms with Crippen molar-refractivity contribution < 1.29 is 0 Å². The van der Waals surface area contributed by atoms with Crippen LogP contribution in [0.4, 0.5) is 5.69 Å². The first kappa shape index (κ1) is 11.5. The molecule has 0 unspecified atom stereocenters. The zero-order valence-corrected chi connectivity index (χ0v) is 10.6. The Balaban J connectivity index is 2.24. The molecule has 0 aliphatic heterocycles. The van der Waals surface area contributed by atoms with Gasteiger partial charge in [-0.2, -0.15) is 0 Å². The van der Waals surface area contributed by atoms with E-state index in [0.717, 1.165) is 27.6 Å². The molecule has 0 saturated heterocycles. The first-order valence-corrected chi connectivity index (χ1v) is 6.18. The van der Waals surface area contributed by atoms with E-state index in [1.54, 1.807) is 6.20 Å². The molecule has 94 valence electrons. The van der Waals surface area contributed by atoms with Crippen molar-refractivity contribution in [2.45, 2.75) is 0 Å². The van der Waals surface area contributed by atoms with E-state index in [4.69, 9.17) is 0 Å². The molecule has 0 amide bonds. The van der Waals surface area contributed by atoms with Gasteiger partial charge in [0.2, 0.25) is 0 Å². The predicted molar refractivity (Wildman–Crippen MR) is 79.6 cm³/mol. The second kappa shape index (κ2) is 4.61. The number of rotatable bonds is 2. The van der Waals surface area contributed by atoms with Crippen molar-refractivity contribution in [1.82, 2.24) is 4.98 Å². The summed E-state index contributed by atoms with van der Waals surface area (Å²) >= 11 is 0. The van der Waals surface area contributed by atoms with Crippen LogP contribution < -0.4 is 10.9 Å². The maximum Gasteiger partial charge on any atom is 0.255 e. The molecule has 1 heterocycles. The molecule has 3 rings (SSSR count). The summed E-state index contributed by atoms with van der Waals surface area (Å²) in [6, 6.07) is 15.8. The SMILES string of the molecule is CNc1ccc(-c2c[nH]c(=O)c3ccccc23)cc1. The lowest BCUT2D eigenvalue weighted by atomic mass is 10.0. The maximum absolute atomic E-state index is 11.8. The zero-order chi connectivity index (χ0) is 13.2. The van der Waals surface area contributed by atoms with E-state index in [1.165, 1.54) is 0 Å². The van der Waals surface area contributed by atoms with Crippen molar-refractivity contribution in [1.29, 1.82) is 0 Å². The van der Waals surface area contributed by atoms with Crippen molar-refractivity contribution in [3.8, 4) is 11.1 Å². The summed E-state index contributed by atoms with van der Waals surface area (Å²) < 4.78 is 0. The molecule has 0 radical (unpaired) electrons. The lowest BCUT2D eigenvalue weighted by molar-refractivity contribution is 1.28. The third-order valence-electron chi connectivity index (χ3n) is 3.29. The Hall–Kier alpha value is -2.55. The van der Waals surface area contributed by atoms with Crippen LogP contribution in [-0.4, -0.2) is 12.0 Å². The van der Waals surface area contributed by atoms with Crippen LogP contribution in [0.5, 0.6) is 0 Å². The number of H-pyrrole nitrogens is 1. The second-order valence-corrected chi connectivity index (χ2v) is 4.40. The molecule has 0 bridgehead atoms. The number of aromatic amines is 1.